The second-order valence-corrected chi connectivity index (χ2v) is 5.72. The van der Waals surface area contributed by atoms with Crippen LogP contribution in [0.3, 0.4) is 0 Å². The highest BCUT2D eigenvalue weighted by molar-refractivity contribution is 6.07. The van der Waals surface area contributed by atoms with Gasteiger partial charge in [-0.15, -0.1) is 0 Å². The Bertz CT molecular complexity index is 785. The van der Waals surface area contributed by atoms with Crippen LogP contribution in [0.4, 0.5) is 29.1 Å². The zero-order chi connectivity index (χ0) is 18.9. The summed E-state index contributed by atoms with van der Waals surface area (Å²) in [4.78, 5) is 13.9. The number of halogens is 4. The Morgan fingerprint density at radius 1 is 1.08 bits per heavy atom. The van der Waals surface area contributed by atoms with Gasteiger partial charge in [0.25, 0.3) is 5.91 Å². The molecule has 0 saturated carbocycles. The number of rotatable bonds is 4. The number of hydrogen-bond donors (Lipinski definition) is 1. The highest BCUT2D eigenvalue weighted by atomic mass is 19.4. The number of hydrogen-bond acceptors (Lipinski definition) is 3. The number of anilines is 2. The standard InChI is InChI=1S/C17H17F4N3O/c1-10-7-13(17(18,19)24(20)21)8-11(2)15(10)23(3)16(25)12-5-4-6-14(22)9-12/h4-9H,22H2,1-3H3. The predicted octanol–water partition coefficient (Wildman–Crippen LogP) is 4.28. The molecule has 0 radical (unpaired) electrons. The van der Waals surface area contributed by atoms with Gasteiger partial charge in [0.1, 0.15) is 0 Å². The van der Waals surface area contributed by atoms with Gasteiger partial charge in [0.15, 0.2) is 0 Å². The molecule has 2 aromatic carbocycles. The van der Waals surface area contributed by atoms with Gasteiger partial charge in [-0.25, -0.2) is 0 Å². The number of alkyl halides is 2. The van der Waals surface area contributed by atoms with Gasteiger partial charge in [0, 0.05) is 29.5 Å². The normalized spacial score (nSPS) is 11.7. The minimum absolute atomic E-state index is 0.274. The number of nitrogens with zero attached hydrogens (tertiary/aromatic N) is 2. The molecule has 134 valence electrons. The van der Waals surface area contributed by atoms with Gasteiger partial charge in [0.2, 0.25) is 0 Å². The Morgan fingerprint density at radius 2 is 1.64 bits per heavy atom. The summed E-state index contributed by atoms with van der Waals surface area (Å²) >= 11 is 0. The van der Waals surface area contributed by atoms with Gasteiger partial charge in [-0.05, 0) is 55.3 Å². The number of amides is 1. The molecule has 0 saturated heterocycles. The quantitative estimate of drug-likeness (QED) is 0.385. The molecular formula is C17H17F4N3O. The summed E-state index contributed by atoms with van der Waals surface area (Å²) < 4.78 is 51.9. The second kappa shape index (κ2) is 6.72. The average molecular weight is 355 g/mol. The maximum absolute atomic E-state index is 13.5. The smallest absolute Gasteiger partial charge is 0.384 e. The maximum Gasteiger partial charge on any atom is 0.384 e. The molecule has 2 rings (SSSR count). The molecule has 8 heteroatoms. The first-order valence-corrected chi connectivity index (χ1v) is 7.30. The van der Waals surface area contributed by atoms with Gasteiger partial charge in [-0.1, -0.05) is 15.0 Å². The van der Waals surface area contributed by atoms with E-state index < -0.39 is 22.9 Å². The van der Waals surface area contributed by atoms with Crippen LogP contribution in [0.25, 0.3) is 0 Å². The van der Waals surface area contributed by atoms with Crippen molar-refractivity contribution in [1.82, 2.24) is 5.34 Å². The molecular weight excluding hydrogens is 338 g/mol. The van der Waals surface area contributed by atoms with E-state index in [0.29, 0.717) is 16.9 Å². The second-order valence-electron chi connectivity index (χ2n) is 5.72. The molecule has 0 spiro atoms. The van der Waals surface area contributed by atoms with E-state index in [1.54, 1.807) is 18.2 Å². The lowest BCUT2D eigenvalue weighted by molar-refractivity contribution is -0.340. The highest BCUT2D eigenvalue weighted by Crippen LogP contribution is 2.37. The Morgan fingerprint density at radius 3 is 2.12 bits per heavy atom. The van der Waals surface area contributed by atoms with E-state index in [-0.39, 0.29) is 11.1 Å². The van der Waals surface area contributed by atoms with Crippen molar-refractivity contribution in [1.29, 1.82) is 0 Å². The Balaban J connectivity index is 2.44. The summed E-state index contributed by atoms with van der Waals surface area (Å²) in [6, 6.07) is 3.79. The van der Waals surface area contributed by atoms with Crippen LogP contribution in [-0.2, 0) is 6.05 Å². The van der Waals surface area contributed by atoms with E-state index in [9.17, 15) is 22.5 Å². The molecule has 0 aliphatic rings. The molecule has 0 aromatic heterocycles. The molecule has 4 nitrogen and oxygen atoms in total. The third-order valence-corrected chi connectivity index (χ3v) is 3.82. The third kappa shape index (κ3) is 3.58. The fourth-order valence-corrected chi connectivity index (χ4v) is 2.72. The summed E-state index contributed by atoms with van der Waals surface area (Å²) in [7, 11) is 1.48. The minimum atomic E-state index is -4.41. The molecule has 0 aliphatic heterocycles. The average Bonchev–Trinajstić information content (AvgIpc) is 2.53. The van der Waals surface area contributed by atoms with Gasteiger partial charge >= 0.3 is 6.05 Å². The topological polar surface area (TPSA) is 49.6 Å². The van der Waals surface area contributed by atoms with Crippen molar-refractivity contribution in [3.05, 3.63) is 58.7 Å². The fourth-order valence-electron chi connectivity index (χ4n) is 2.72. The van der Waals surface area contributed by atoms with Crippen LogP contribution in [0.15, 0.2) is 36.4 Å². The molecule has 2 aromatic rings. The summed E-state index contributed by atoms with van der Waals surface area (Å²) in [6.07, 6.45) is 0. The largest absolute Gasteiger partial charge is 0.399 e. The molecule has 0 atom stereocenters. The molecule has 2 N–H and O–H groups in total. The number of carbonyl (C=O) groups is 1. The third-order valence-electron chi connectivity index (χ3n) is 3.82. The van der Waals surface area contributed by atoms with Crippen molar-refractivity contribution >= 4 is 17.3 Å². The summed E-state index contributed by atoms with van der Waals surface area (Å²) in [5.41, 5.74) is 6.47. The van der Waals surface area contributed by atoms with E-state index in [2.05, 4.69) is 0 Å². The lowest BCUT2D eigenvalue weighted by atomic mass is 10.0. The molecule has 0 fully saturated rings. The van der Waals surface area contributed by atoms with Crippen LogP contribution >= 0.6 is 0 Å². The molecule has 1 amide bonds. The van der Waals surface area contributed by atoms with E-state index in [1.165, 1.54) is 31.9 Å². The van der Waals surface area contributed by atoms with Crippen LogP contribution in [0.5, 0.6) is 0 Å². The Kier molecular flexibility index (Phi) is 5.03. The number of benzene rings is 2. The summed E-state index contributed by atoms with van der Waals surface area (Å²) in [6.45, 7) is 2.96. The molecule has 0 heterocycles. The molecule has 0 bridgehead atoms. The zero-order valence-corrected chi connectivity index (χ0v) is 13.9. The van der Waals surface area contributed by atoms with E-state index in [0.717, 1.165) is 12.1 Å². The van der Waals surface area contributed by atoms with Crippen molar-refractivity contribution in [3.8, 4) is 0 Å². The van der Waals surface area contributed by atoms with Crippen molar-refractivity contribution < 1.29 is 22.5 Å². The van der Waals surface area contributed by atoms with Gasteiger partial charge < -0.3 is 10.6 Å². The molecule has 0 aliphatic carbocycles. The van der Waals surface area contributed by atoms with E-state index in [1.807, 2.05) is 0 Å². The van der Waals surface area contributed by atoms with Crippen LogP contribution in [0.2, 0.25) is 0 Å². The summed E-state index contributed by atoms with van der Waals surface area (Å²) in [5.74, 6) is -0.393. The van der Waals surface area contributed by atoms with Crippen LogP contribution in [-0.4, -0.2) is 18.3 Å². The van der Waals surface area contributed by atoms with Crippen LogP contribution in [0, 0.1) is 13.8 Å². The number of aryl methyl sites for hydroxylation is 2. The van der Waals surface area contributed by atoms with Crippen LogP contribution in [0.1, 0.15) is 27.0 Å². The lowest BCUT2D eigenvalue weighted by Crippen LogP contribution is -2.29. The lowest BCUT2D eigenvalue weighted by Gasteiger charge is -2.24. The maximum atomic E-state index is 13.5. The van der Waals surface area contributed by atoms with Crippen molar-refractivity contribution in [3.63, 3.8) is 0 Å². The molecule has 25 heavy (non-hydrogen) atoms. The molecule has 0 unspecified atom stereocenters. The Labute approximate surface area is 142 Å². The van der Waals surface area contributed by atoms with Gasteiger partial charge in [-0.3, -0.25) is 4.79 Å². The van der Waals surface area contributed by atoms with Gasteiger partial charge in [-0.2, -0.15) is 8.78 Å². The van der Waals surface area contributed by atoms with E-state index in [4.69, 9.17) is 5.73 Å². The predicted molar refractivity (Wildman–Crippen MR) is 87.5 cm³/mol. The number of carbonyl (C=O) groups excluding carboxylic acids is 1. The summed E-state index contributed by atoms with van der Waals surface area (Å²) in [5, 5.41) is -2.14. The first-order chi connectivity index (χ1) is 11.6. The van der Waals surface area contributed by atoms with E-state index >= 15 is 0 Å². The SMILES string of the molecule is Cc1cc(C(F)(F)N(F)F)cc(C)c1N(C)C(=O)c1cccc(N)c1. The zero-order valence-electron chi connectivity index (χ0n) is 13.9. The first kappa shape index (κ1) is 18.7. The van der Waals surface area contributed by atoms with Gasteiger partial charge in [0.05, 0.1) is 5.34 Å². The monoisotopic (exact) mass is 355 g/mol. The Hall–Kier alpha value is -2.61. The van der Waals surface area contributed by atoms with Crippen molar-refractivity contribution in [2.45, 2.75) is 19.9 Å². The first-order valence-electron chi connectivity index (χ1n) is 7.30. The number of nitrogen functional groups attached to an aromatic ring is 1. The highest BCUT2D eigenvalue weighted by Gasteiger charge is 2.42. The van der Waals surface area contributed by atoms with Crippen molar-refractivity contribution in [2.75, 3.05) is 17.7 Å². The fraction of sp³-hybridized carbons (Fsp3) is 0.235. The van der Waals surface area contributed by atoms with Crippen LogP contribution < -0.4 is 10.6 Å². The number of nitrogens with two attached hydrogens (primary N) is 1. The van der Waals surface area contributed by atoms with Crippen molar-refractivity contribution in [2.24, 2.45) is 0 Å². The minimum Gasteiger partial charge on any atom is -0.399 e.